The minimum atomic E-state index is -1.09. The van der Waals surface area contributed by atoms with Crippen LogP contribution in [0.2, 0.25) is 0 Å². The molecule has 4 aliphatic carbocycles. The molecule has 6 atom stereocenters. The van der Waals surface area contributed by atoms with Crippen LogP contribution < -0.4 is 5.32 Å². The normalized spacial score (nSPS) is 41.3. The number of aliphatic hydroxyl groups is 1. The number of aliphatic carboxylic acids is 1. The number of carbonyl (C=O) groups is 2. The third kappa shape index (κ3) is 3.66. The molecule has 0 aromatic rings. The standard InChI is InChI=1S/C23H34N2O5/c1-22-9-7-15(25-30-13-20(27)24-12-21(28)29)11-14(22)3-4-16-17-5-6-19(26)23(17,2)10-8-18(16)22/h11,16-19,26H,3-10,12-13H2,1-2H3,(H,24,27)(H,28,29)/b25-15+/t16-,17-,18-,19-,22+,23+/m1/s1. The highest BCUT2D eigenvalue weighted by molar-refractivity contribution is 5.96. The number of oxime groups is 1. The van der Waals surface area contributed by atoms with Gasteiger partial charge in [0.05, 0.1) is 11.8 Å². The highest BCUT2D eigenvalue weighted by Gasteiger charge is 2.58. The van der Waals surface area contributed by atoms with Crippen molar-refractivity contribution in [3.05, 3.63) is 11.6 Å². The summed E-state index contributed by atoms with van der Waals surface area (Å²) in [6.07, 6.45) is 10.6. The van der Waals surface area contributed by atoms with E-state index in [4.69, 9.17) is 9.94 Å². The van der Waals surface area contributed by atoms with E-state index in [9.17, 15) is 14.7 Å². The van der Waals surface area contributed by atoms with Crippen LogP contribution in [0.5, 0.6) is 0 Å². The zero-order valence-electron chi connectivity index (χ0n) is 18.0. The molecular weight excluding hydrogens is 384 g/mol. The summed E-state index contributed by atoms with van der Waals surface area (Å²) in [5.41, 5.74) is 2.61. The maximum atomic E-state index is 11.6. The molecule has 4 rings (SSSR count). The maximum absolute atomic E-state index is 11.6. The number of carboxylic acids is 1. The quantitative estimate of drug-likeness (QED) is 0.595. The fourth-order valence-electron chi connectivity index (χ4n) is 7.01. The third-order valence-electron chi connectivity index (χ3n) is 8.74. The summed E-state index contributed by atoms with van der Waals surface area (Å²) in [4.78, 5) is 27.2. The molecule has 4 aliphatic rings. The average molecular weight is 419 g/mol. The van der Waals surface area contributed by atoms with E-state index in [1.165, 1.54) is 24.8 Å². The molecule has 0 heterocycles. The summed E-state index contributed by atoms with van der Waals surface area (Å²) in [6, 6.07) is 0. The molecule has 166 valence electrons. The second-order valence-electron chi connectivity index (χ2n) is 10.2. The van der Waals surface area contributed by atoms with Gasteiger partial charge in [-0.25, -0.2) is 0 Å². The van der Waals surface area contributed by atoms with Crippen LogP contribution in [-0.4, -0.2) is 47.1 Å². The zero-order valence-corrected chi connectivity index (χ0v) is 18.0. The molecule has 0 bridgehead atoms. The smallest absolute Gasteiger partial charge is 0.322 e. The van der Waals surface area contributed by atoms with Crippen LogP contribution >= 0.6 is 0 Å². The van der Waals surface area contributed by atoms with E-state index in [1.54, 1.807) is 0 Å². The number of nitrogens with zero attached hydrogens (tertiary/aromatic N) is 1. The van der Waals surface area contributed by atoms with Crippen molar-refractivity contribution < 1.29 is 24.6 Å². The lowest BCUT2D eigenvalue weighted by atomic mass is 9.47. The molecule has 3 saturated carbocycles. The Balaban J connectivity index is 1.41. The fraction of sp³-hybridized carbons (Fsp3) is 0.783. The Kier molecular flexibility index (Phi) is 5.68. The Morgan fingerprint density at radius 3 is 2.73 bits per heavy atom. The molecule has 0 unspecified atom stereocenters. The molecule has 0 aromatic heterocycles. The Morgan fingerprint density at radius 1 is 1.17 bits per heavy atom. The van der Waals surface area contributed by atoms with E-state index < -0.39 is 18.4 Å². The lowest BCUT2D eigenvalue weighted by Gasteiger charge is -2.57. The van der Waals surface area contributed by atoms with Crippen molar-refractivity contribution in [3.8, 4) is 0 Å². The first kappa shape index (κ1) is 21.3. The predicted molar refractivity (Wildman–Crippen MR) is 112 cm³/mol. The minimum Gasteiger partial charge on any atom is -0.480 e. The van der Waals surface area contributed by atoms with Crippen LogP contribution in [0.3, 0.4) is 0 Å². The van der Waals surface area contributed by atoms with Gasteiger partial charge in [-0.3, -0.25) is 9.59 Å². The van der Waals surface area contributed by atoms with Crippen molar-refractivity contribution in [2.24, 2.45) is 33.7 Å². The molecule has 1 amide bonds. The molecule has 7 heteroatoms. The molecule has 0 aliphatic heterocycles. The Morgan fingerprint density at radius 2 is 1.97 bits per heavy atom. The van der Waals surface area contributed by atoms with E-state index >= 15 is 0 Å². The number of carboxylic acid groups (broad SMARTS) is 1. The van der Waals surface area contributed by atoms with Crippen molar-refractivity contribution in [3.63, 3.8) is 0 Å². The van der Waals surface area contributed by atoms with Crippen molar-refractivity contribution in [2.45, 2.75) is 71.3 Å². The summed E-state index contributed by atoms with van der Waals surface area (Å²) < 4.78 is 0. The number of nitrogens with one attached hydrogen (secondary N) is 1. The van der Waals surface area contributed by atoms with E-state index in [-0.39, 0.29) is 23.5 Å². The van der Waals surface area contributed by atoms with Crippen molar-refractivity contribution >= 4 is 17.6 Å². The molecule has 30 heavy (non-hydrogen) atoms. The second kappa shape index (κ2) is 7.98. The van der Waals surface area contributed by atoms with Gasteiger partial charge in [-0.2, -0.15) is 0 Å². The predicted octanol–water partition coefficient (Wildman–Crippen LogP) is 2.88. The first-order valence-corrected chi connectivity index (χ1v) is 11.3. The maximum Gasteiger partial charge on any atom is 0.322 e. The van der Waals surface area contributed by atoms with Gasteiger partial charge >= 0.3 is 5.97 Å². The number of amides is 1. The first-order valence-electron chi connectivity index (χ1n) is 11.3. The first-order chi connectivity index (χ1) is 14.2. The molecular formula is C23H34N2O5. The third-order valence-corrected chi connectivity index (χ3v) is 8.74. The topological polar surface area (TPSA) is 108 Å². The van der Waals surface area contributed by atoms with E-state index in [0.29, 0.717) is 17.8 Å². The number of rotatable bonds is 5. The van der Waals surface area contributed by atoms with Gasteiger partial charge in [-0.1, -0.05) is 24.6 Å². The molecule has 0 saturated heterocycles. The molecule has 0 aromatic carbocycles. The number of allylic oxidation sites excluding steroid dienone is 2. The van der Waals surface area contributed by atoms with E-state index in [0.717, 1.165) is 37.8 Å². The molecule has 3 N–H and O–H groups in total. The van der Waals surface area contributed by atoms with Gasteiger partial charge in [0, 0.05) is 0 Å². The Labute approximate surface area is 177 Å². The number of aliphatic hydroxyl groups excluding tert-OH is 1. The molecule has 0 spiro atoms. The lowest BCUT2D eigenvalue weighted by Crippen LogP contribution is -2.51. The van der Waals surface area contributed by atoms with Crippen molar-refractivity contribution in [1.29, 1.82) is 0 Å². The van der Waals surface area contributed by atoms with Gasteiger partial charge < -0.3 is 20.4 Å². The average Bonchev–Trinajstić information content (AvgIpc) is 3.01. The van der Waals surface area contributed by atoms with Crippen molar-refractivity contribution in [1.82, 2.24) is 5.32 Å². The molecule has 7 nitrogen and oxygen atoms in total. The van der Waals surface area contributed by atoms with E-state index in [2.05, 4.69) is 30.4 Å². The summed E-state index contributed by atoms with van der Waals surface area (Å²) in [5, 5.41) is 25.6. The summed E-state index contributed by atoms with van der Waals surface area (Å²) in [7, 11) is 0. The van der Waals surface area contributed by atoms with Crippen LogP contribution in [0.4, 0.5) is 0 Å². The van der Waals surface area contributed by atoms with Gasteiger partial charge in [0.25, 0.3) is 5.91 Å². The largest absolute Gasteiger partial charge is 0.480 e. The number of carbonyl (C=O) groups excluding carboxylic acids is 1. The zero-order chi connectivity index (χ0) is 21.5. The van der Waals surface area contributed by atoms with Crippen LogP contribution in [0.1, 0.15) is 65.2 Å². The second-order valence-corrected chi connectivity index (χ2v) is 10.2. The Bertz CT molecular complexity index is 778. The highest BCUT2D eigenvalue weighted by atomic mass is 16.6. The van der Waals surface area contributed by atoms with Crippen LogP contribution in [0.15, 0.2) is 16.8 Å². The lowest BCUT2D eigenvalue weighted by molar-refractivity contribution is -0.138. The number of hydrogen-bond donors (Lipinski definition) is 3. The van der Waals surface area contributed by atoms with Crippen LogP contribution in [-0.2, 0) is 14.4 Å². The number of fused-ring (bicyclic) bond motifs is 5. The fourth-order valence-corrected chi connectivity index (χ4v) is 7.01. The summed E-state index contributed by atoms with van der Waals surface area (Å²) >= 11 is 0. The minimum absolute atomic E-state index is 0.106. The molecule has 3 fully saturated rings. The molecule has 0 radical (unpaired) electrons. The van der Waals surface area contributed by atoms with Gasteiger partial charge in [0.1, 0.15) is 6.54 Å². The van der Waals surface area contributed by atoms with Crippen LogP contribution in [0, 0.1) is 28.6 Å². The highest BCUT2D eigenvalue weighted by Crippen LogP contribution is 2.65. The number of hydrogen-bond acceptors (Lipinski definition) is 5. The van der Waals surface area contributed by atoms with Gasteiger partial charge in [0.15, 0.2) is 6.61 Å². The van der Waals surface area contributed by atoms with Gasteiger partial charge in [0.2, 0.25) is 0 Å². The summed E-state index contributed by atoms with van der Waals surface area (Å²) in [6.45, 7) is 4.04. The van der Waals surface area contributed by atoms with Crippen LogP contribution in [0.25, 0.3) is 0 Å². The summed E-state index contributed by atoms with van der Waals surface area (Å²) in [5.74, 6) is 0.449. The van der Waals surface area contributed by atoms with Gasteiger partial charge in [-0.15, -0.1) is 0 Å². The monoisotopic (exact) mass is 418 g/mol. The SMILES string of the molecule is C[C@]12CC[C@@H]3[C@H](CCC4=C/C(=N/OCC(=O)NCC(=O)O)CC[C@@]43C)[C@H]1CC[C@H]2O. The van der Waals surface area contributed by atoms with E-state index in [1.807, 2.05) is 0 Å². The van der Waals surface area contributed by atoms with Crippen molar-refractivity contribution in [2.75, 3.05) is 13.2 Å². The van der Waals surface area contributed by atoms with Gasteiger partial charge in [-0.05, 0) is 86.0 Å². The Hall–Kier alpha value is -1.89.